The number of ether oxygens (including phenoxy) is 1. The maximum Gasteiger partial charge on any atom is 0.417 e. The second-order valence-electron chi connectivity index (χ2n) is 6.08. The topological polar surface area (TPSA) is 117 Å². The van der Waals surface area contributed by atoms with Crippen LogP contribution in [0.25, 0.3) is 28.4 Å². The average Bonchev–Trinajstić information content (AvgIpc) is 3.30. The number of aromatic nitrogens is 7. The molecule has 10 nitrogen and oxygen atoms in total. The minimum atomic E-state index is -0.527. The van der Waals surface area contributed by atoms with Crippen molar-refractivity contribution in [1.82, 2.24) is 34.5 Å². The molecule has 0 saturated heterocycles. The molecule has 1 N–H and O–H groups in total. The van der Waals surface area contributed by atoms with Crippen molar-refractivity contribution in [2.24, 2.45) is 7.05 Å². The molecule has 0 fully saturated rings. The van der Waals surface area contributed by atoms with Gasteiger partial charge < -0.3 is 9.15 Å². The summed E-state index contributed by atoms with van der Waals surface area (Å²) < 4.78 is 14.2. The summed E-state index contributed by atoms with van der Waals surface area (Å²) in [4.78, 5) is 23.4. The molecule has 3 heterocycles. The first-order valence-electron chi connectivity index (χ1n) is 8.56. The molecule has 27 heavy (non-hydrogen) atoms. The van der Waals surface area contributed by atoms with Gasteiger partial charge in [0.1, 0.15) is 11.9 Å². The van der Waals surface area contributed by atoms with Crippen LogP contribution in [0, 0.1) is 6.92 Å². The Labute approximate surface area is 153 Å². The van der Waals surface area contributed by atoms with Crippen LogP contribution in [0.5, 0.6) is 0 Å². The lowest BCUT2D eigenvalue weighted by Crippen LogP contribution is -2.08. The molecule has 4 aromatic rings. The zero-order valence-corrected chi connectivity index (χ0v) is 15.4. The Balaban J connectivity index is 1.98. The maximum atomic E-state index is 11.7. The van der Waals surface area contributed by atoms with Crippen LogP contribution in [-0.4, -0.2) is 41.1 Å². The molecule has 0 amide bonds. The number of para-hydroxylation sites is 1. The van der Waals surface area contributed by atoms with E-state index in [0.29, 0.717) is 46.7 Å². The van der Waals surface area contributed by atoms with Gasteiger partial charge >= 0.3 is 5.76 Å². The van der Waals surface area contributed by atoms with Gasteiger partial charge in [-0.05, 0) is 32.9 Å². The summed E-state index contributed by atoms with van der Waals surface area (Å²) in [7, 11) is 1.78. The summed E-state index contributed by atoms with van der Waals surface area (Å²) in [5, 5.41) is 8.88. The van der Waals surface area contributed by atoms with E-state index in [2.05, 4.69) is 25.1 Å². The smallest absolute Gasteiger partial charge is 0.407 e. The Kier molecular flexibility index (Phi) is 4.11. The zero-order valence-electron chi connectivity index (χ0n) is 15.4. The van der Waals surface area contributed by atoms with Crippen LogP contribution in [0.1, 0.15) is 31.6 Å². The Bertz CT molecular complexity index is 1170. The maximum absolute atomic E-state index is 11.7. The quantitative estimate of drug-likeness (QED) is 0.571. The molecule has 3 aromatic heterocycles. The highest BCUT2D eigenvalue weighted by Crippen LogP contribution is 2.29. The van der Waals surface area contributed by atoms with Gasteiger partial charge in [0.05, 0.1) is 11.1 Å². The number of aryl methyl sites for hydroxylation is 2. The lowest BCUT2D eigenvalue weighted by Gasteiger charge is -2.06. The Morgan fingerprint density at radius 3 is 2.81 bits per heavy atom. The summed E-state index contributed by atoms with van der Waals surface area (Å²) >= 11 is 0. The van der Waals surface area contributed by atoms with Crippen molar-refractivity contribution in [3.63, 3.8) is 0 Å². The third-order valence-electron chi connectivity index (χ3n) is 4.13. The van der Waals surface area contributed by atoms with Crippen molar-refractivity contribution in [3.8, 4) is 17.3 Å². The van der Waals surface area contributed by atoms with E-state index in [1.54, 1.807) is 29.4 Å². The normalized spacial score (nSPS) is 12.7. The minimum absolute atomic E-state index is 0.304. The summed E-state index contributed by atoms with van der Waals surface area (Å²) in [6.07, 6.45) is -0.304. The Morgan fingerprint density at radius 1 is 1.30 bits per heavy atom. The summed E-state index contributed by atoms with van der Waals surface area (Å²) in [5.41, 5.74) is 1.61. The van der Waals surface area contributed by atoms with Crippen molar-refractivity contribution in [3.05, 3.63) is 40.4 Å². The molecule has 0 radical (unpaired) electrons. The second kappa shape index (κ2) is 6.47. The van der Waals surface area contributed by atoms with Gasteiger partial charge in [-0.25, -0.2) is 14.5 Å². The highest BCUT2D eigenvalue weighted by Gasteiger charge is 2.23. The third-order valence-corrected chi connectivity index (χ3v) is 4.13. The van der Waals surface area contributed by atoms with E-state index in [1.807, 2.05) is 26.0 Å². The molecular weight excluding hydrogens is 350 g/mol. The van der Waals surface area contributed by atoms with Gasteiger partial charge in [0.25, 0.3) is 5.95 Å². The summed E-state index contributed by atoms with van der Waals surface area (Å²) in [6.45, 7) is 6.13. The number of oxazole rings is 1. The van der Waals surface area contributed by atoms with Crippen molar-refractivity contribution in [2.45, 2.75) is 26.9 Å². The molecule has 0 aliphatic heterocycles. The van der Waals surface area contributed by atoms with Gasteiger partial charge in [0.2, 0.25) is 0 Å². The first-order valence-corrected chi connectivity index (χ1v) is 8.56. The molecule has 140 valence electrons. The van der Waals surface area contributed by atoms with Gasteiger partial charge in [-0.1, -0.05) is 6.07 Å². The van der Waals surface area contributed by atoms with E-state index in [0.717, 1.165) is 0 Å². The van der Waals surface area contributed by atoms with Gasteiger partial charge in [-0.3, -0.25) is 4.98 Å². The van der Waals surface area contributed by atoms with Gasteiger partial charge in [0, 0.05) is 13.7 Å². The number of benzene rings is 1. The molecule has 0 spiro atoms. The number of aromatic amines is 1. The van der Waals surface area contributed by atoms with E-state index < -0.39 is 5.76 Å². The number of fused-ring (bicyclic) bond motifs is 1. The number of hydrogen-bond acceptors (Lipinski definition) is 7. The van der Waals surface area contributed by atoms with Crippen LogP contribution < -0.4 is 5.76 Å². The predicted octanol–water partition coefficient (Wildman–Crippen LogP) is 1.90. The molecule has 1 aromatic carbocycles. The number of hydrogen-bond donors (Lipinski definition) is 1. The van der Waals surface area contributed by atoms with Crippen LogP contribution in [0.4, 0.5) is 0 Å². The predicted molar refractivity (Wildman–Crippen MR) is 96.5 cm³/mol. The summed E-state index contributed by atoms with van der Waals surface area (Å²) in [6, 6.07) is 5.40. The van der Waals surface area contributed by atoms with Gasteiger partial charge in [0.15, 0.2) is 17.2 Å². The van der Waals surface area contributed by atoms with E-state index >= 15 is 0 Å². The van der Waals surface area contributed by atoms with E-state index in [9.17, 15) is 4.79 Å². The number of H-pyrrole nitrogens is 1. The van der Waals surface area contributed by atoms with E-state index in [-0.39, 0.29) is 6.10 Å². The fraction of sp³-hybridized carbons (Fsp3) is 0.353. The average molecular weight is 369 g/mol. The molecular formula is C17H19N7O3. The zero-order chi connectivity index (χ0) is 19.1. The van der Waals surface area contributed by atoms with Gasteiger partial charge in [-0.2, -0.15) is 14.8 Å². The highest BCUT2D eigenvalue weighted by molar-refractivity contribution is 5.88. The third kappa shape index (κ3) is 2.93. The van der Waals surface area contributed by atoms with Gasteiger partial charge in [-0.15, -0.1) is 5.10 Å². The number of nitrogens with one attached hydrogen (secondary N) is 1. The lowest BCUT2D eigenvalue weighted by molar-refractivity contribution is 0.0701. The molecule has 10 heteroatoms. The van der Waals surface area contributed by atoms with Crippen molar-refractivity contribution >= 4 is 11.1 Å². The van der Waals surface area contributed by atoms with Crippen LogP contribution in [0.3, 0.4) is 0 Å². The molecule has 1 unspecified atom stereocenters. The van der Waals surface area contributed by atoms with Crippen molar-refractivity contribution in [2.75, 3.05) is 6.61 Å². The van der Waals surface area contributed by atoms with Crippen molar-refractivity contribution in [1.29, 1.82) is 0 Å². The first-order chi connectivity index (χ1) is 13.0. The monoisotopic (exact) mass is 369 g/mol. The van der Waals surface area contributed by atoms with E-state index in [4.69, 9.17) is 9.15 Å². The molecule has 0 saturated carbocycles. The summed E-state index contributed by atoms with van der Waals surface area (Å²) in [5.74, 6) is 1.57. The van der Waals surface area contributed by atoms with E-state index in [1.165, 1.54) is 0 Å². The fourth-order valence-corrected chi connectivity index (χ4v) is 2.97. The number of nitrogens with zero attached hydrogens (tertiary/aromatic N) is 6. The lowest BCUT2D eigenvalue weighted by atomic mass is 10.2. The standard InChI is InChI=1S/C17H19N7O3/c1-5-26-9(2)14-20-15(24(22-14)16-18-10(3)21-23(16)4)11-7-6-8-12-13(11)27-17(25)19-12/h6-9H,5H2,1-4H3,(H,19,25). The molecule has 0 aliphatic rings. The van der Waals surface area contributed by atoms with Crippen molar-refractivity contribution < 1.29 is 9.15 Å². The Morgan fingerprint density at radius 2 is 2.11 bits per heavy atom. The first kappa shape index (κ1) is 17.2. The molecule has 0 aliphatic carbocycles. The Hall–Kier alpha value is -3.27. The van der Waals surface area contributed by atoms with Crippen LogP contribution in [0.2, 0.25) is 0 Å². The SMILES string of the molecule is CCOC(C)c1nc(-c2cccc3[nH]c(=O)oc23)n(-c2nc(C)nn2C)n1. The van der Waals surface area contributed by atoms with Crippen LogP contribution in [-0.2, 0) is 11.8 Å². The molecule has 0 bridgehead atoms. The second-order valence-corrected chi connectivity index (χ2v) is 6.08. The largest absolute Gasteiger partial charge is 0.417 e. The molecule has 1 atom stereocenters. The minimum Gasteiger partial charge on any atom is -0.407 e. The van der Waals surface area contributed by atoms with Crippen LogP contribution in [0.15, 0.2) is 27.4 Å². The molecule has 4 rings (SSSR count). The number of rotatable bonds is 5. The van der Waals surface area contributed by atoms with Crippen LogP contribution >= 0.6 is 0 Å². The highest BCUT2D eigenvalue weighted by atomic mass is 16.5. The fourth-order valence-electron chi connectivity index (χ4n) is 2.97.